The standard InChI is InChI=1S/C13H15N3O2/c1-15-12-3-2-11(6-10(12)7-14-15)16-5-4-9(8-16)13(17)18/h2-3,6-7,9H,4-5,8H2,1H3,(H,17,18)/t9-/m1/s1. The molecule has 5 heteroatoms. The van der Waals surface area contributed by atoms with Gasteiger partial charge in [-0.1, -0.05) is 0 Å². The van der Waals surface area contributed by atoms with Crippen molar-refractivity contribution in [3.05, 3.63) is 24.4 Å². The van der Waals surface area contributed by atoms with E-state index in [0.717, 1.165) is 29.6 Å². The Morgan fingerprint density at radius 1 is 1.50 bits per heavy atom. The molecule has 1 aliphatic heterocycles. The molecule has 1 saturated heterocycles. The lowest BCUT2D eigenvalue weighted by molar-refractivity contribution is -0.140. The van der Waals surface area contributed by atoms with Crippen LogP contribution in [0.25, 0.3) is 10.9 Å². The number of carbonyl (C=O) groups is 1. The largest absolute Gasteiger partial charge is 0.481 e. The van der Waals surface area contributed by atoms with Crippen LogP contribution in [-0.4, -0.2) is 33.9 Å². The Morgan fingerprint density at radius 2 is 2.33 bits per heavy atom. The van der Waals surface area contributed by atoms with Crippen LogP contribution in [-0.2, 0) is 11.8 Å². The molecule has 0 aliphatic carbocycles. The van der Waals surface area contributed by atoms with Gasteiger partial charge < -0.3 is 10.0 Å². The molecule has 1 aliphatic rings. The van der Waals surface area contributed by atoms with Crippen LogP contribution in [0, 0.1) is 5.92 Å². The molecule has 0 spiro atoms. The van der Waals surface area contributed by atoms with Crippen molar-refractivity contribution in [1.82, 2.24) is 9.78 Å². The van der Waals surface area contributed by atoms with Crippen molar-refractivity contribution in [1.29, 1.82) is 0 Å². The van der Waals surface area contributed by atoms with Gasteiger partial charge >= 0.3 is 5.97 Å². The van der Waals surface area contributed by atoms with Gasteiger partial charge in [0, 0.05) is 31.2 Å². The topological polar surface area (TPSA) is 58.4 Å². The molecule has 0 saturated carbocycles. The summed E-state index contributed by atoms with van der Waals surface area (Å²) in [7, 11) is 1.91. The van der Waals surface area contributed by atoms with Gasteiger partial charge in [-0.2, -0.15) is 5.10 Å². The Kier molecular flexibility index (Phi) is 2.47. The number of nitrogens with zero attached hydrogens (tertiary/aromatic N) is 3. The summed E-state index contributed by atoms with van der Waals surface area (Å²) < 4.78 is 1.84. The molecule has 0 bridgehead atoms. The monoisotopic (exact) mass is 245 g/mol. The lowest BCUT2D eigenvalue weighted by atomic mass is 10.1. The van der Waals surface area contributed by atoms with Crippen LogP contribution in [0.15, 0.2) is 24.4 Å². The number of benzene rings is 1. The average molecular weight is 245 g/mol. The van der Waals surface area contributed by atoms with E-state index in [9.17, 15) is 4.79 Å². The molecule has 18 heavy (non-hydrogen) atoms. The molecule has 1 aromatic heterocycles. The number of rotatable bonds is 2. The highest BCUT2D eigenvalue weighted by Gasteiger charge is 2.28. The van der Waals surface area contributed by atoms with Crippen LogP contribution in [0.3, 0.4) is 0 Å². The number of fused-ring (bicyclic) bond motifs is 1. The summed E-state index contributed by atoms with van der Waals surface area (Å²) in [6.07, 6.45) is 2.56. The highest BCUT2D eigenvalue weighted by Crippen LogP contribution is 2.27. The fourth-order valence-corrected chi connectivity index (χ4v) is 2.54. The van der Waals surface area contributed by atoms with Crippen LogP contribution >= 0.6 is 0 Å². The zero-order valence-corrected chi connectivity index (χ0v) is 10.2. The number of aromatic nitrogens is 2. The summed E-state index contributed by atoms with van der Waals surface area (Å²) in [5.74, 6) is -0.936. The SMILES string of the molecule is Cn1ncc2cc(N3CC[C@@H](C(=O)O)C3)ccc21. The Bertz CT molecular complexity index is 605. The summed E-state index contributed by atoms with van der Waals surface area (Å²) in [5.41, 5.74) is 2.17. The molecule has 3 rings (SSSR count). The second-order valence-corrected chi connectivity index (χ2v) is 4.78. The van der Waals surface area contributed by atoms with Gasteiger partial charge in [0.1, 0.15) is 0 Å². The molecular weight excluding hydrogens is 230 g/mol. The number of aryl methyl sites for hydroxylation is 1. The van der Waals surface area contributed by atoms with E-state index < -0.39 is 5.97 Å². The molecule has 2 aromatic rings. The van der Waals surface area contributed by atoms with Gasteiger partial charge in [0.15, 0.2) is 0 Å². The van der Waals surface area contributed by atoms with Gasteiger partial charge in [0.05, 0.1) is 17.6 Å². The van der Waals surface area contributed by atoms with Gasteiger partial charge in [-0.05, 0) is 24.6 Å². The van der Waals surface area contributed by atoms with Gasteiger partial charge in [-0.3, -0.25) is 9.48 Å². The van der Waals surface area contributed by atoms with Crippen molar-refractivity contribution in [3.8, 4) is 0 Å². The van der Waals surface area contributed by atoms with E-state index in [1.165, 1.54) is 0 Å². The number of anilines is 1. The second-order valence-electron chi connectivity index (χ2n) is 4.78. The number of carboxylic acids is 1. The molecule has 1 fully saturated rings. The molecule has 5 nitrogen and oxygen atoms in total. The minimum Gasteiger partial charge on any atom is -0.481 e. The molecule has 94 valence electrons. The number of hydrogen-bond donors (Lipinski definition) is 1. The molecule has 1 atom stereocenters. The predicted molar refractivity (Wildman–Crippen MR) is 68.7 cm³/mol. The van der Waals surface area contributed by atoms with E-state index in [0.29, 0.717) is 6.54 Å². The normalized spacial score (nSPS) is 19.6. The highest BCUT2D eigenvalue weighted by molar-refractivity contribution is 5.83. The molecular formula is C13H15N3O2. The van der Waals surface area contributed by atoms with Crippen molar-refractivity contribution < 1.29 is 9.90 Å². The molecule has 0 unspecified atom stereocenters. The van der Waals surface area contributed by atoms with Gasteiger partial charge in [0.25, 0.3) is 0 Å². The van der Waals surface area contributed by atoms with Gasteiger partial charge in [-0.25, -0.2) is 0 Å². The van der Waals surface area contributed by atoms with Crippen molar-refractivity contribution in [2.75, 3.05) is 18.0 Å². The van der Waals surface area contributed by atoms with Crippen molar-refractivity contribution in [2.45, 2.75) is 6.42 Å². The lowest BCUT2D eigenvalue weighted by Crippen LogP contribution is -2.22. The summed E-state index contributed by atoms with van der Waals surface area (Å²) in [6.45, 7) is 1.41. The summed E-state index contributed by atoms with van der Waals surface area (Å²) >= 11 is 0. The maximum Gasteiger partial charge on any atom is 0.308 e. The quantitative estimate of drug-likeness (QED) is 0.870. The van der Waals surface area contributed by atoms with Crippen LogP contribution in [0.4, 0.5) is 5.69 Å². The summed E-state index contributed by atoms with van der Waals surface area (Å²) in [6, 6.07) is 6.15. The third-order valence-corrected chi connectivity index (χ3v) is 3.63. The van der Waals surface area contributed by atoms with E-state index >= 15 is 0 Å². The molecule has 0 amide bonds. The zero-order chi connectivity index (χ0) is 12.7. The van der Waals surface area contributed by atoms with E-state index in [4.69, 9.17) is 5.11 Å². The summed E-state index contributed by atoms with van der Waals surface area (Å²) in [5, 5.41) is 14.3. The molecule has 0 radical (unpaired) electrons. The smallest absolute Gasteiger partial charge is 0.308 e. The number of hydrogen-bond acceptors (Lipinski definition) is 3. The van der Waals surface area contributed by atoms with Crippen molar-refractivity contribution >= 4 is 22.6 Å². The minimum atomic E-state index is -0.694. The Morgan fingerprint density at radius 3 is 3.06 bits per heavy atom. The Labute approximate surface area is 105 Å². The van der Waals surface area contributed by atoms with E-state index in [1.54, 1.807) is 0 Å². The first-order chi connectivity index (χ1) is 8.65. The molecule has 1 N–H and O–H groups in total. The first-order valence-electron chi connectivity index (χ1n) is 6.04. The fraction of sp³-hybridized carbons (Fsp3) is 0.385. The van der Waals surface area contributed by atoms with Crippen LogP contribution in [0.2, 0.25) is 0 Å². The Balaban J connectivity index is 1.89. The third kappa shape index (κ3) is 1.72. The van der Waals surface area contributed by atoms with E-state index in [-0.39, 0.29) is 5.92 Å². The minimum absolute atomic E-state index is 0.241. The van der Waals surface area contributed by atoms with Gasteiger partial charge in [-0.15, -0.1) is 0 Å². The van der Waals surface area contributed by atoms with Gasteiger partial charge in [0.2, 0.25) is 0 Å². The maximum absolute atomic E-state index is 11.0. The number of carboxylic acid groups (broad SMARTS) is 1. The lowest BCUT2D eigenvalue weighted by Gasteiger charge is -2.18. The fourth-order valence-electron chi connectivity index (χ4n) is 2.54. The van der Waals surface area contributed by atoms with E-state index in [1.807, 2.05) is 30.1 Å². The first-order valence-corrected chi connectivity index (χ1v) is 6.04. The van der Waals surface area contributed by atoms with Crippen LogP contribution < -0.4 is 4.90 Å². The van der Waals surface area contributed by atoms with Crippen LogP contribution in [0.1, 0.15) is 6.42 Å². The molecule has 2 heterocycles. The second kappa shape index (κ2) is 4.01. The zero-order valence-electron chi connectivity index (χ0n) is 10.2. The van der Waals surface area contributed by atoms with Crippen molar-refractivity contribution in [3.63, 3.8) is 0 Å². The highest BCUT2D eigenvalue weighted by atomic mass is 16.4. The van der Waals surface area contributed by atoms with Crippen LogP contribution in [0.5, 0.6) is 0 Å². The maximum atomic E-state index is 11.0. The third-order valence-electron chi connectivity index (χ3n) is 3.63. The van der Waals surface area contributed by atoms with E-state index in [2.05, 4.69) is 16.1 Å². The first kappa shape index (κ1) is 11.1. The Hall–Kier alpha value is -2.04. The molecule has 1 aromatic carbocycles. The number of aliphatic carboxylic acids is 1. The van der Waals surface area contributed by atoms with Crippen molar-refractivity contribution in [2.24, 2.45) is 13.0 Å². The average Bonchev–Trinajstić information content (AvgIpc) is 2.96. The summed E-state index contributed by atoms with van der Waals surface area (Å²) in [4.78, 5) is 13.1. The predicted octanol–water partition coefficient (Wildman–Crippen LogP) is 1.48.